The van der Waals surface area contributed by atoms with Crippen LogP contribution in [0.4, 0.5) is 0 Å². The number of rotatable bonds is 10. The zero-order valence-corrected chi connectivity index (χ0v) is 20.5. The maximum Gasteiger partial charge on any atom is 0.343 e. The van der Waals surface area contributed by atoms with Crippen LogP contribution in [-0.4, -0.2) is 31.3 Å². The van der Waals surface area contributed by atoms with Crippen LogP contribution < -0.4 is 18.9 Å². The van der Waals surface area contributed by atoms with Crippen LogP contribution in [0.2, 0.25) is 0 Å². The molecule has 0 unspecified atom stereocenters. The summed E-state index contributed by atoms with van der Waals surface area (Å²) in [6, 6.07) is 23.2. The van der Waals surface area contributed by atoms with Crippen LogP contribution >= 0.6 is 0 Å². The molecule has 4 aromatic rings. The lowest BCUT2D eigenvalue weighted by atomic mass is 10.1. The molecule has 0 spiro atoms. The summed E-state index contributed by atoms with van der Waals surface area (Å²) in [7, 11) is 0. The third-order valence-corrected chi connectivity index (χ3v) is 5.29. The van der Waals surface area contributed by atoms with Crippen LogP contribution in [0, 0.1) is 0 Å². The van der Waals surface area contributed by atoms with Gasteiger partial charge in [-0.2, -0.15) is 0 Å². The summed E-state index contributed by atoms with van der Waals surface area (Å²) in [5.41, 5.74) is 0.700. The van der Waals surface area contributed by atoms with Crippen LogP contribution in [0.15, 0.2) is 97.6 Å². The third-order valence-electron chi connectivity index (χ3n) is 5.29. The number of carbonyl (C=O) groups excluding carboxylic acids is 3. The number of hydrogen-bond acceptors (Lipinski definition) is 8. The van der Waals surface area contributed by atoms with Crippen molar-refractivity contribution in [2.75, 3.05) is 13.4 Å². The Kier molecular flexibility index (Phi) is 8.35. The highest BCUT2D eigenvalue weighted by Gasteiger charge is 2.12. The first-order valence-corrected chi connectivity index (χ1v) is 11.7. The fourth-order valence-electron chi connectivity index (χ4n) is 3.42. The van der Waals surface area contributed by atoms with E-state index in [0.717, 1.165) is 16.8 Å². The second-order valence-corrected chi connectivity index (χ2v) is 7.86. The number of hydrogen-bond donors (Lipinski definition) is 0. The number of fused-ring (bicyclic) bond motifs is 1. The van der Waals surface area contributed by atoms with Gasteiger partial charge in [0.1, 0.15) is 23.0 Å². The first-order chi connectivity index (χ1) is 18.4. The molecule has 8 nitrogen and oxygen atoms in total. The van der Waals surface area contributed by atoms with Crippen LogP contribution in [0.5, 0.6) is 23.0 Å². The largest absolute Gasteiger partial charge is 0.494 e. The molecular weight excluding hydrogens is 488 g/mol. The Bertz CT molecular complexity index is 1460. The van der Waals surface area contributed by atoms with Crippen LogP contribution in [0.25, 0.3) is 10.8 Å². The number of esters is 3. The van der Waals surface area contributed by atoms with Gasteiger partial charge < -0.3 is 23.7 Å². The molecule has 38 heavy (non-hydrogen) atoms. The summed E-state index contributed by atoms with van der Waals surface area (Å²) >= 11 is 0. The smallest absolute Gasteiger partial charge is 0.343 e. The average Bonchev–Trinajstić information content (AvgIpc) is 2.94. The summed E-state index contributed by atoms with van der Waals surface area (Å²) in [6.07, 6.45) is 1.03. The number of ether oxygens (including phenoxy) is 5. The highest BCUT2D eigenvalue weighted by atomic mass is 16.7. The van der Waals surface area contributed by atoms with Gasteiger partial charge >= 0.3 is 17.9 Å². The normalized spacial score (nSPS) is 10.3. The van der Waals surface area contributed by atoms with Crippen molar-refractivity contribution in [1.29, 1.82) is 0 Å². The van der Waals surface area contributed by atoms with Crippen molar-refractivity contribution in [2.24, 2.45) is 0 Å². The standard InChI is InChI=1S/C30H24O8/c1-3-28(31)36-19-35-25-10-7-20(8-11-25)29(32)38-27-12-9-21-17-23(6-5-22(21)18-27)30(33)37-26-15-13-24(14-16-26)34-4-2/h3,5-18H,1,4,19H2,2H3. The van der Waals surface area contributed by atoms with Crippen molar-refractivity contribution in [1.82, 2.24) is 0 Å². The van der Waals surface area contributed by atoms with Crippen molar-refractivity contribution in [2.45, 2.75) is 6.92 Å². The highest BCUT2D eigenvalue weighted by molar-refractivity contribution is 5.97. The number of benzene rings is 4. The van der Waals surface area contributed by atoms with Gasteiger partial charge in [-0.25, -0.2) is 14.4 Å². The Morgan fingerprint density at radius 1 is 0.658 bits per heavy atom. The second kappa shape index (κ2) is 12.2. The SMILES string of the molecule is C=CC(=O)OCOc1ccc(C(=O)Oc2ccc3cc(C(=O)Oc4ccc(OCC)cc4)ccc3c2)cc1. The lowest BCUT2D eigenvalue weighted by Gasteiger charge is -2.09. The van der Waals surface area contributed by atoms with Gasteiger partial charge in [0.15, 0.2) is 0 Å². The molecule has 0 N–H and O–H groups in total. The highest BCUT2D eigenvalue weighted by Crippen LogP contribution is 2.25. The average molecular weight is 513 g/mol. The molecule has 192 valence electrons. The molecule has 0 heterocycles. The van der Waals surface area contributed by atoms with Gasteiger partial charge in [0.2, 0.25) is 6.79 Å². The Morgan fingerprint density at radius 3 is 1.89 bits per heavy atom. The van der Waals surface area contributed by atoms with E-state index >= 15 is 0 Å². The van der Waals surface area contributed by atoms with E-state index < -0.39 is 17.9 Å². The monoisotopic (exact) mass is 512 g/mol. The summed E-state index contributed by atoms with van der Waals surface area (Å²) in [6.45, 7) is 5.47. The molecule has 0 aromatic heterocycles. The third kappa shape index (κ3) is 6.76. The van der Waals surface area contributed by atoms with E-state index in [2.05, 4.69) is 6.58 Å². The quantitative estimate of drug-likeness (QED) is 0.115. The van der Waals surface area contributed by atoms with Gasteiger partial charge in [-0.1, -0.05) is 18.7 Å². The molecule has 0 saturated carbocycles. The molecule has 0 saturated heterocycles. The van der Waals surface area contributed by atoms with E-state index in [-0.39, 0.29) is 6.79 Å². The predicted octanol–water partition coefficient (Wildman–Crippen LogP) is 5.74. The van der Waals surface area contributed by atoms with Crippen molar-refractivity contribution in [3.05, 3.63) is 109 Å². The van der Waals surface area contributed by atoms with Crippen molar-refractivity contribution < 1.29 is 38.1 Å². The molecule has 0 amide bonds. The minimum absolute atomic E-state index is 0.271. The molecule has 8 heteroatoms. The molecule has 0 aliphatic carbocycles. The minimum Gasteiger partial charge on any atom is -0.494 e. The van der Waals surface area contributed by atoms with Crippen molar-refractivity contribution in [3.63, 3.8) is 0 Å². The van der Waals surface area contributed by atoms with Crippen molar-refractivity contribution in [3.8, 4) is 23.0 Å². The molecule has 0 atom stereocenters. The zero-order valence-electron chi connectivity index (χ0n) is 20.5. The van der Waals surface area contributed by atoms with Gasteiger partial charge in [0.25, 0.3) is 0 Å². The van der Waals surface area contributed by atoms with E-state index in [4.69, 9.17) is 23.7 Å². The summed E-state index contributed by atoms with van der Waals surface area (Å²) < 4.78 is 26.4. The van der Waals surface area contributed by atoms with Gasteiger partial charge in [-0.15, -0.1) is 0 Å². The minimum atomic E-state index is -0.597. The zero-order chi connectivity index (χ0) is 26.9. The maximum atomic E-state index is 12.6. The molecule has 4 rings (SSSR count). The summed E-state index contributed by atoms with van der Waals surface area (Å²) in [4.78, 5) is 36.2. The van der Waals surface area contributed by atoms with Crippen molar-refractivity contribution >= 4 is 28.7 Å². The summed E-state index contributed by atoms with van der Waals surface area (Å²) in [5, 5.41) is 1.57. The van der Waals surface area contributed by atoms with E-state index in [9.17, 15) is 14.4 Å². The molecule has 4 aromatic carbocycles. The molecule has 0 fully saturated rings. The van der Waals surface area contributed by atoms with Crippen LogP contribution in [0.1, 0.15) is 27.6 Å². The predicted molar refractivity (Wildman–Crippen MR) is 140 cm³/mol. The Hall–Kier alpha value is -5.11. The van der Waals surface area contributed by atoms with Gasteiger partial charge in [0.05, 0.1) is 17.7 Å². The number of carbonyl (C=O) groups is 3. The maximum absolute atomic E-state index is 12.6. The molecule has 0 aliphatic rings. The topological polar surface area (TPSA) is 97.4 Å². The van der Waals surface area contributed by atoms with E-state index in [1.807, 2.05) is 6.92 Å². The van der Waals surface area contributed by atoms with Crippen LogP contribution in [-0.2, 0) is 9.53 Å². The second-order valence-electron chi connectivity index (χ2n) is 7.86. The molecule has 0 radical (unpaired) electrons. The Labute approximate surface area is 219 Å². The fourth-order valence-corrected chi connectivity index (χ4v) is 3.42. The lowest BCUT2D eigenvalue weighted by molar-refractivity contribution is -0.144. The first kappa shape index (κ1) is 26.0. The first-order valence-electron chi connectivity index (χ1n) is 11.7. The molecule has 0 aliphatic heterocycles. The van der Waals surface area contributed by atoms with Gasteiger partial charge in [-0.05, 0) is 90.5 Å². The van der Waals surface area contributed by atoms with Gasteiger partial charge in [-0.3, -0.25) is 0 Å². The Morgan fingerprint density at radius 2 is 1.18 bits per heavy atom. The molecule has 0 bridgehead atoms. The summed E-state index contributed by atoms with van der Waals surface area (Å²) in [5.74, 6) is 0.244. The fraction of sp³-hybridized carbons (Fsp3) is 0.100. The van der Waals surface area contributed by atoms with Gasteiger partial charge in [0, 0.05) is 6.08 Å². The van der Waals surface area contributed by atoms with E-state index in [1.54, 1.807) is 72.8 Å². The van der Waals surface area contributed by atoms with E-state index in [0.29, 0.717) is 40.7 Å². The van der Waals surface area contributed by atoms with E-state index in [1.165, 1.54) is 12.1 Å². The van der Waals surface area contributed by atoms with Crippen LogP contribution in [0.3, 0.4) is 0 Å². The Balaban J connectivity index is 1.37. The molecular formula is C30H24O8. The lowest BCUT2D eigenvalue weighted by Crippen LogP contribution is -2.10.